The molecule has 0 saturated carbocycles. The molecule has 0 aliphatic carbocycles. The second-order valence-electron chi connectivity index (χ2n) is 5.40. The van der Waals surface area contributed by atoms with Gasteiger partial charge >= 0.3 is 5.97 Å². The average molecular weight is 349 g/mol. The molecule has 0 spiro atoms. The van der Waals surface area contributed by atoms with Gasteiger partial charge in [0.05, 0.1) is 19.4 Å². The molecule has 1 heterocycles. The zero-order valence-electron chi connectivity index (χ0n) is 14.6. The van der Waals surface area contributed by atoms with Crippen molar-refractivity contribution in [3.8, 4) is 11.4 Å². The molecule has 2 aromatic carbocycles. The van der Waals surface area contributed by atoms with Crippen molar-refractivity contribution in [2.24, 2.45) is 0 Å². The van der Waals surface area contributed by atoms with E-state index in [1.165, 1.54) is 0 Å². The van der Waals surface area contributed by atoms with Crippen LogP contribution in [0.1, 0.15) is 28.7 Å². The fraction of sp³-hybridized carbons (Fsp3) is 0.150. The van der Waals surface area contributed by atoms with Gasteiger partial charge < -0.3 is 9.47 Å². The lowest BCUT2D eigenvalue weighted by Gasteiger charge is -2.05. The standard InChI is InChI=1S/C20H19N3O3/c1-3-26-20(24)19-18(14-11-15-9-12-17(25-2)13-10-15)23(22-21-19)16-7-5-4-6-8-16/h4-14H,3H2,1-2H3/b14-11+. The second-order valence-corrected chi connectivity index (χ2v) is 5.40. The lowest BCUT2D eigenvalue weighted by atomic mass is 10.1. The Morgan fingerprint density at radius 1 is 1.08 bits per heavy atom. The number of esters is 1. The Bertz CT molecular complexity index is 900. The van der Waals surface area contributed by atoms with Crippen molar-refractivity contribution >= 4 is 18.1 Å². The van der Waals surface area contributed by atoms with Crippen LogP contribution in [0.4, 0.5) is 0 Å². The van der Waals surface area contributed by atoms with Gasteiger partial charge in [-0.3, -0.25) is 0 Å². The maximum Gasteiger partial charge on any atom is 0.361 e. The summed E-state index contributed by atoms with van der Waals surface area (Å²) in [6.45, 7) is 2.03. The topological polar surface area (TPSA) is 66.2 Å². The van der Waals surface area contributed by atoms with E-state index in [1.807, 2.05) is 60.7 Å². The van der Waals surface area contributed by atoms with E-state index in [4.69, 9.17) is 9.47 Å². The molecule has 0 N–H and O–H groups in total. The van der Waals surface area contributed by atoms with Crippen LogP contribution in [0.3, 0.4) is 0 Å². The Hall–Kier alpha value is -3.41. The maximum absolute atomic E-state index is 12.2. The highest BCUT2D eigenvalue weighted by molar-refractivity contribution is 5.92. The first-order valence-electron chi connectivity index (χ1n) is 8.23. The first-order chi connectivity index (χ1) is 12.7. The van der Waals surface area contributed by atoms with Crippen LogP contribution in [0.5, 0.6) is 5.75 Å². The van der Waals surface area contributed by atoms with Crippen molar-refractivity contribution in [2.45, 2.75) is 6.92 Å². The van der Waals surface area contributed by atoms with Gasteiger partial charge in [0.15, 0.2) is 5.69 Å². The normalized spacial score (nSPS) is 10.8. The summed E-state index contributed by atoms with van der Waals surface area (Å²) in [5, 5.41) is 8.14. The molecular formula is C20H19N3O3. The van der Waals surface area contributed by atoms with E-state index in [0.29, 0.717) is 5.69 Å². The maximum atomic E-state index is 12.2. The van der Waals surface area contributed by atoms with E-state index in [-0.39, 0.29) is 12.3 Å². The van der Waals surface area contributed by atoms with Crippen LogP contribution in [-0.4, -0.2) is 34.7 Å². The SMILES string of the molecule is CCOC(=O)c1nnn(-c2ccccc2)c1/C=C/c1ccc(OC)cc1. The third kappa shape index (κ3) is 3.80. The molecule has 0 aliphatic rings. The molecule has 0 bridgehead atoms. The van der Waals surface area contributed by atoms with Crippen molar-refractivity contribution in [1.29, 1.82) is 0 Å². The van der Waals surface area contributed by atoms with Crippen molar-refractivity contribution in [2.75, 3.05) is 13.7 Å². The Kier molecular flexibility index (Phi) is 5.43. The Morgan fingerprint density at radius 2 is 1.81 bits per heavy atom. The fourth-order valence-corrected chi connectivity index (χ4v) is 2.43. The first kappa shape index (κ1) is 17.4. The molecule has 0 fully saturated rings. The van der Waals surface area contributed by atoms with Crippen LogP contribution in [0.15, 0.2) is 54.6 Å². The van der Waals surface area contributed by atoms with Gasteiger partial charge in [0.2, 0.25) is 0 Å². The predicted molar refractivity (Wildman–Crippen MR) is 99.2 cm³/mol. The van der Waals surface area contributed by atoms with Crippen LogP contribution >= 0.6 is 0 Å². The Labute approximate surface area is 151 Å². The number of methoxy groups -OCH3 is 1. The number of ether oxygens (including phenoxy) is 2. The molecule has 132 valence electrons. The van der Waals surface area contributed by atoms with Crippen molar-refractivity contribution in [1.82, 2.24) is 15.0 Å². The summed E-state index contributed by atoms with van der Waals surface area (Å²) in [7, 11) is 1.63. The average Bonchev–Trinajstić information content (AvgIpc) is 3.11. The van der Waals surface area contributed by atoms with Gasteiger partial charge in [-0.25, -0.2) is 9.48 Å². The van der Waals surface area contributed by atoms with Gasteiger partial charge in [0, 0.05) is 0 Å². The predicted octanol–water partition coefficient (Wildman–Crippen LogP) is 3.62. The molecule has 0 aliphatic heterocycles. The highest BCUT2D eigenvalue weighted by Crippen LogP contribution is 2.18. The number of para-hydroxylation sites is 1. The van der Waals surface area contributed by atoms with E-state index in [0.717, 1.165) is 17.0 Å². The summed E-state index contributed by atoms with van der Waals surface area (Å²) < 4.78 is 11.9. The van der Waals surface area contributed by atoms with Crippen molar-refractivity contribution in [3.63, 3.8) is 0 Å². The first-order valence-corrected chi connectivity index (χ1v) is 8.23. The third-order valence-corrected chi connectivity index (χ3v) is 3.72. The quantitative estimate of drug-likeness (QED) is 0.636. The number of hydrogen-bond donors (Lipinski definition) is 0. The number of rotatable bonds is 6. The summed E-state index contributed by atoms with van der Waals surface area (Å²) in [6, 6.07) is 17.1. The molecule has 0 saturated heterocycles. The van der Waals surface area contributed by atoms with Gasteiger partial charge in [0.25, 0.3) is 0 Å². The molecular weight excluding hydrogens is 330 g/mol. The van der Waals surface area contributed by atoms with Crippen LogP contribution < -0.4 is 4.74 Å². The van der Waals surface area contributed by atoms with Crippen LogP contribution in [-0.2, 0) is 4.74 Å². The molecule has 26 heavy (non-hydrogen) atoms. The molecule has 0 unspecified atom stereocenters. The van der Waals surface area contributed by atoms with Crippen LogP contribution in [0.25, 0.3) is 17.8 Å². The van der Waals surface area contributed by atoms with Crippen LogP contribution in [0.2, 0.25) is 0 Å². The number of aromatic nitrogens is 3. The van der Waals surface area contributed by atoms with E-state index < -0.39 is 5.97 Å². The number of carbonyl (C=O) groups excluding carboxylic acids is 1. The molecule has 6 heteroatoms. The molecule has 6 nitrogen and oxygen atoms in total. The summed E-state index contributed by atoms with van der Waals surface area (Å²) in [5.74, 6) is 0.286. The van der Waals surface area contributed by atoms with E-state index in [9.17, 15) is 4.79 Å². The molecule has 1 aromatic heterocycles. The van der Waals surface area contributed by atoms with Gasteiger partial charge in [-0.15, -0.1) is 5.10 Å². The van der Waals surface area contributed by atoms with E-state index in [1.54, 1.807) is 24.8 Å². The summed E-state index contributed by atoms with van der Waals surface area (Å²) >= 11 is 0. The minimum absolute atomic E-state index is 0.181. The highest BCUT2D eigenvalue weighted by atomic mass is 16.5. The Balaban J connectivity index is 2.00. The van der Waals surface area contributed by atoms with E-state index >= 15 is 0 Å². The third-order valence-electron chi connectivity index (χ3n) is 3.72. The second kappa shape index (κ2) is 8.11. The monoisotopic (exact) mass is 349 g/mol. The number of hydrogen-bond acceptors (Lipinski definition) is 5. The minimum Gasteiger partial charge on any atom is -0.497 e. The van der Waals surface area contributed by atoms with Gasteiger partial charge in [-0.05, 0) is 42.8 Å². The highest BCUT2D eigenvalue weighted by Gasteiger charge is 2.19. The van der Waals surface area contributed by atoms with E-state index in [2.05, 4.69) is 10.3 Å². The molecule has 3 rings (SSSR count). The smallest absolute Gasteiger partial charge is 0.361 e. The zero-order chi connectivity index (χ0) is 18.4. The summed E-state index contributed by atoms with van der Waals surface area (Å²) in [5.41, 5.74) is 2.51. The van der Waals surface area contributed by atoms with Crippen molar-refractivity contribution < 1.29 is 14.3 Å². The lowest BCUT2D eigenvalue weighted by Crippen LogP contribution is -2.08. The summed E-state index contributed by atoms with van der Waals surface area (Å²) in [6.07, 6.45) is 3.70. The van der Waals surface area contributed by atoms with Crippen molar-refractivity contribution in [3.05, 3.63) is 71.5 Å². The largest absolute Gasteiger partial charge is 0.497 e. The van der Waals surface area contributed by atoms with Gasteiger partial charge in [0.1, 0.15) is 11.4 Å². The fourth-order valence-electron chi connectivity index (χ4n) is 2.43. The van der Waals surface area contributed by atoms with Gasteiger partial charge in [-0.1, -0.05) is 41.6 Å². The minimum atomic E-state index is -0.496. The van der Waals surface area contributed by atoms with Gasteiger partial charge in [-0.2, -0.15) is 0 Å². The molecule has 3 aromatic rings. The number of nitrogens with zero attached hydrogens (tertiary/aromatic N) is 3. The number of benzene rings is 2. The molecule has 0 amide bonds. The lowest BCUT2D eigenvalue weighted by molar-refractivity contribution is 0.0519. The molecule has 0 radical (unpaired) electrons. The van der Waals surface area contributed by atoms with Crippen LogP contribution in [0, 0.1) is 0 Å². The molecule has 0 atom stereocenters. The zero-order valence-corrected chi connectivity index (χ0v) is 14.6. The number of carbonyl (C=O) groups is 1. The summed E-state index contributed by atoms with van der Waals surface area (Å²) in [4.78, 5) is 12.2. The Morgan fingerprint density at radius 3 is 2.46 bits per heavy atom.